The molecule has 1 N–H and O–H groups in total. The minimum atomic E-state index is -0.265. The number of anilines is 1. The lowest BCUT2D eigenvalue weighted by Gasteiger charge is -2.34. The predicted molar refractivity (Wildman–Crippen MR) is 87.4 cm³/mol. The van der Waals surface area contributed by atoms with E-state index in [9.17, 15) is 9.59 Å². The van der Waals surface area contributed by atoms with Gasteiger partial charge in [0, 0.05) is 0 Å². The second-order valence-corrected chi connectivity index (χ2v) is 5.70. The summed E-state index contributed by atoms with van der Waals surface area (Å²) in [5.74, 6) is 0.347. The van der Waals surface area contributed by atoms with Gasteiger partial charge in [-0.1, -0.05) is 12.1 Å². The first kappa shape index (κ1) is 17.3. The van der Waals surface area contributed by atoms with Crippen molar-refractivity contribution < 1.29 is 19.1 Å². The normalized spacial score (nSPS) is 17.3. The number of para-hydroxylation sites is 2. The number of benzene rings is 1. The summed E-state index contributed by atoms with van der Waals surface area (Å²) in [6.45, 7) is 3.30. The van der Waals surface area contributed by atoms with Crippen LogP contribution in [0, 0.1) is 5.92 Å². The smallest absolute Gasteiger partial charge is 0.308 e. The third-order valence-corrected chi connectivity index (χ3v) is 4.36. The number of nitrogens with zero attached hydrogens (tertiary/aromatic N) is 1. The first-order valence-corrected chi connectivity index (χ1v) is 7.82. The molecule has 0 saturated carbocycles. The van der Waals surface area contributed by atoms with Crippen LogP contribution in [0.3, 0.4) is 0 Å². The van der Waals surface area contributed by atoms with E-state index in [4.69, 9.17) is 9.47 Å². The van der Waals surface area contributed by atoms with Crippen LogP contribution in [-0.4, -0.2) is 50.1 Å². The highest BCUT2D eigenvalue weighted by Gasteiger charge is 2.30. The van der Waals surface area contributed by atoms with Gasteiger partial charge in [-0.15, -0.1) is 0 Å². The zero-order chi connectivity index (χ0) is 16.8. The van der Waals surface area contributed by atoms with Crippen molar-refractivity contribution >= 4 is 17.6 Å². The zero-order valence-corrected chi connectivity index (χ0v) is 13.9. The summed E-state index contributed by atoms with van der Waals surface area (Å²) in [6, 6.07) is 7.06. The number of amides is 1. The Labute approximate surface area is 136 Å². The number of carbonyl (C=O) groups excluding carboxylic acids is 2. The Morgan fingerprint density at radius 2 is 1.87 bits per heavy atom. The molecule has 0 spiro atoms. The Morgan fingerprint density at radius 1 is 1.22 bits per heavy atom. The number of carbonyl (C=O) groups is 2. The summed E-state index contributed by atoms with van der Waals surface area (Å²) in [5.41, 5.74) is 0.663. The number of methoxy groups -OCH3 is 2. The highest BCUT2D eigenvalue weighted by atomic mass is 16.5. The SMILES string of the molecule is COC(=O)C1CCN([C@H](C)C(=O)Nc2ccccc2OC)CC1. The largest absolute Gasteiger partial charge is 0.495 e. The van der Waals surface area contributed by atoms with Gasteiger partial charge in [0.25, 0.3) is 0 Å². The summed E-state index contributed by atoms with van der Waals surface area (Å²) in [5, 5.41) is 2.91. The van der Waals surface area contributed by atoms with Gasteiger partial charge in [0.2, 0.25) is 5.91 Å². The summed E-state index contributed by atoms with van der Waals surface area (Å²) < 4.78 is 10.0. The molecule has 23 heavy (non-hydrogen) atoms. The molecule has 1 aliphatic heterocycles. The molecule has 6 heteroatoms. The molecule has 1 atom stereocenters. The molecule has 1 saturated heterocycles. The van der Waals surface area contributed by atoms with Crippen LogP contribution in [0.15, 0.2) is 24.3 Å². The number of likely N-dealkylation sites (tertiary alicyclic amines) is 1. The number of nitrogens with one attached hydrogen (secondary N) is 1. The fourth-order valence-electron chi connectivity index (χ4n) is 2.84. The number of piperidine rings is 1. The van der Waals surface area contributed by atoms with Gasteiger partial charge in [-0.3, -0.25) is 14.5 Å². The van der Waals surface area contributed by atoms with Crippen molar-refractivity contribution in [1.29, 1.82) is 0 Å². The minimum Gasteiger partial charge on any atom is -0.495 e. The molecule has 1 heterocycles. The molecular weight excluding hydrogens is 296 g/mol. The Kier molecular flexibility index (Phi) is 5.98. The molecule has 2 rings (SSSR count). The summed E-state index contributed by atoms with van der Waals surface area (Å²) in [7, 11) is 2.99. The van der Waals surface area contributed by atoms with Crippen molar-refractivity contribution in [2.75, 3.05) is 32.6 Å². The van der Waals surface area contributed by atoms with Crippen LogP contribution < -0.4 is 10.1 Å². The van der Waals surface area contributed by atoms with Gasteiger partial charge >= 0.3 is 5.97 Å². The van der Waals surface area contributed by atoms with Gasteiger partial charge in [-0.2, -0.15) is 0 Å². The van der Waals surface area contributed by atoms with Gasteiger partial charge in [0.15, 0.2) is 0 Å². The standard InChI is InChI=1S/C17H24N2O4/c1-12(19-10-8-13(9-11-19)17(21)23-3)16(20)18-14-6-4-5-7-15(14)22-2/h4-7,12-13H,8-11H2,1-3H3,(H,18,20)/t12-/m1/s1. The average Bonchev–Trinajstić information content (AvgIpc) is 2.61. The fraction of sp³-hybridized carbons (Fsp3) is 0.529. The Balaban J connectivity index is 1.92. The fourth-order valence-corrected chi connectivity index (χ4v) is 2.84. The van der Waals surface area contributed by atoms with Gasteiger partial charge in [-0.05, 0) is 45.0 Å². The second kappa shape index (κ2) is 7.97. The van der Waals surface area contributed by atoms with Crippen molar-refractivity contribution in [3.8, 4) is 5.75 Å². The molecule has 1 aliphatic rings. The Morgan fingerprint density at radius 3 is 2.48 bits per heavy atom. The van der Waals surface area contributed by atoms with Gasteiger partial charge in [0.1, 0.15) is 5.75 Å². The van der Waals surface area contributed by atoms with Crippen LogP contribution in [0.5, 0.6) is 5.75 Å². The average molecular weight is 320 g/mol. The van der Waals surface area contributed by atoms with E-state index in [1.807, 2.05) is 31.2 Å². The van der Waals surface area contributed by atoms with Crippen LogP contribution in [0.1, 0.15) is 19.8 Å². The Bertz CT molecular complexity index is 553. The van der Waals surface area contributed by atoms with Crippen LogP contribution in [-0.2, 0) is 14.3 Å². The van der Waals surface area contributed by atoms with Gasteiger partial charge in [0.05, 0.1) is 31.9 Å². The quantitative estimate of drug-likeness (QED) is 0.839. The molecule has 1 amide bonds. The van der Waals surface area contributed by atoms with E-state index >= 15 is 0 Å². The summed E-state index contributed by atoms with van der Waals surface area (Å²) in [4.78, 5) is 26.1. The van der Waals surface area contributed by atoms with Crippen LogP contribution in [0.4, 0.5) is 5.69 Å². The van der Waals surface area contributed by atoms with E-state index < -0.39 is 0 Å². The Hall–Kier alpha value is -2.08. The lowest BCUT2D eigenvalue weighted by atomic mass is 9.96. The molecule has 1 aromatic carbocycles. The van der Waals surface area contributed by atoms with Crippen molar-refractivity contribution in [1.82, 2.24) is 4.90 Å². The molecule has 0 unspecified atom stereocenters. The van der Waals surface area contributed by atoms with Crippen LogP contribution >= 0.6 is 0 Å². The second-order valence-electron chi connectivity index (χ2n) is 5.70. The first-order chi connectivity index (χ1) is 11.1. The van der Waals surface area contributed by atoms with Crippen LogP contribution in [0.2, 0.25) is 0 Å². The van der Waals surface area contributed by atoms with E-state index in [0.717, 1.165) is 12.8 Å². The van der Waals surface area contributed by atoms with Crippen LogP contribution in [0.25, 0.3) is 0 Å². The first-order valence-electron chi connectivity index (χ1n) is 7.82. The maximum absolute atomic E-state index is 12.5. The summed E-state index contributed by atoms with van der Waals surface area (Å²) in [6.07, 6.45) is 1.44. The number of rotatable bonds is 5. The monoisotopic (exact) mass is 320 g/mol. The molecular formula is C17H24N2O4. The molecule has 126 valence electrons. The molecule has 6 nitrogen and oxygen atoms in total. The molecule has 1 fully saturated rings. The summed E-state index contributed by atoms with van der Waals surface area (Å²) >= 11 is 0. The van der Waals surface area contributed by atoms with E-state index in [1.165, 1.54) is 7.11 Å². The lowest BCUT2D eigenvalue weighted by Crippen LogP contribution is -2.47. The molecule has 0 bridgehead atoms. The number of hydrogen-bond acceptors (Lipinski definition) is 5. The molecule has 0 aromatic heterocycles. The third kappa shape index (κ3) is 4.22. The zero-order valence-electron chi connectivity index (χ0n) is 13.9. The van der Waals surface area contributed by atoms with E-state index in [0.29, 0.717) is 24.5 Å². The van der Waals surface area contributed by atoms with Crippen molar-refractivity contribution in [2.24, 2.45) is 5.92 Å². The van der Waals surface area contributed by atoms with Crippen molar-refractivity contribution in [2.45, 2.75) is 25.8 Å². The van der Waals surface area contributed by atoms with E-state index in [1.54, 1.807) is 7.11 Å². The highest BCUT2D eigenvalue weighted by molar-refractivity contribution is 5.95. The molecule has 0 radical (unpaired) electrons. The number of hydrogen-bond donors (Lipinski definition) is 1. The third-order valence-electron chi connectivity index (χ3n) is 4.36. The molecule has 1 aromatic rings. The van der Waals surface area contributed by atoms with Gasteiger partial charge < -0.3 is 14.8 Å². The maximum atomic E-state index is 12.5. The lowest BCUT2D eigenvalue weighted by molar-refractivity contribution is -0.147. The molecule has 0 aliphatic carbocycles. The maximum Gasteiger partial charge on any atom is 0.308 e. The topological polar surface area (TPSA) is 67.9 Å². The highest BCUT2D eigenvalue weighted by Crippen LogP contribution is 2.24. The van der Waals surface area contributed by atoms with Crippen molar-refractivity contribution in [3.63, 3.8) is 0 Å². The minimum absolute atomic E-state index is 0.0549. The number of esters is 1. The van der Waals surface area contributed by atoms with E-state index in [-0.39, 0.29) is 23.8 Å². The van der Waals surface area contributed by atoms with E-state index in [2.05, 4.69) is 10.2 Å². The van der Waals surface area contributed by atoms with Gasteiger partial charge in [-0.25, -0.2) is 0 Å². The predicted octanol–water partition coefficient (Wildman–Crippen LogP) is 1.91. The van der Waals surface area contributed by atoms with Crippen molar-refractivity contribution in [3.05, 3.63) is 24.3 Å². The number of ether oxygens (including phenoxy) is 2.